The second-order valence-corrected chi connectivity index (χ2v) is 6.09. The first kappa shape index (κ1) is 18.1. The lowest BCUT2D eigenvalue weighted by atomic mass is 10.1. The van der Waals surface area contributed by atoms with Gasteiger partial charge >= 0.3 is 0 Å². The summed E-state index contributed by atoms with van der Waals surface area (Å²) in [7, 11) is 1.76. The smallest absolute Gasteiger partial charge is 0.255 e. The van der Waals surface area contributed by atoms with Crippen molar-refractivity contribution in [2.24, 2.45) is 0 Å². The zero-order valence-corrected chi connectivity index (χ0v) is 14.7. The fourth-order valence-electron chi connectivity index (χ4n) is 2.66. The molecule has 26 heavy (non-hydrogen) atoms. The van der Waals surface area contributed by atoms with Crippen molar-refractivity contribution in [2.45, 2.75) is 12.5 Å². The van der Waals surface area contributed by atoms with Gasteiger partial charge in [-0.25, -0.2) is 0 Å². The molecule has 1 aliphatic rings. The Morgan fingerprint density at radius 3 is 2.46 bits per heavy atom. The molecule has 1 heterocycles. The number of nitrogens with one attached hydrogen (secondary N) is 1. The maximum atomic E-state index is 12.4. The van der Waals surface area contributed by atoms with Crippen LogP contribution in [0.3, 0.4) is 0 Å². The maximum absolute atomic E-state index is 12.4. The van der Waals surface area contributed by atoms with Gasteiger partial charge in [-0.05, 0) is 29.8 Å². The van der Waals surface area contributed by atoms with Crippen molar-refractivity contribution in [1.29, 1.82) is 0 Å². The van der Waals surface area contributed by atoms with Crippen LogP contribution >= 0.6 is 0 Å². The first-order valence-corrected chi connectivity index (χ1v) is 8.54. The highest BCUT2D eigenvalue weighted by atomic mass is 16.6. The number of carbonyl (C=O) groups is 2. The van der Waals surface area contributed by atoms with Gasteiger partial charge in [-0.15, -0.1) is 0 Å². The van der Waals surface area contributed by atoms with Crippen LogP contribution in [-0.4, -0.2) is 44.8 Å². The zero-order valence-electron chi connectivity index (χ0n) is 14.7. The van der Waals surface area contributed by atoms with Crippen molar-refractivity contribution in [3.05, 3.63) is 60.2 Å². The lowest BCUT2D eigenvalue weighted by molar-refractivity contribution is -0.142. The third kappa shape index (κ3) is 4.68. The van der Waals surface area contributed by atoms with Crippen LogP contribution in [0.5, 0.6) is 0 Å². The molecule has 1 N–H and O–H groups in total. The molecule has 0 aliphatic carbocycles. The molecule has 6 heteroatoms. The molecule has 6 nitrogen and oxygen atoms in total. The number of carbonyl (C=O) groups excluding carboxylic acids is 2. The van der Waals surface area contributed by atoms with E-state index in [9.17, 15) is 9.59 Å². The van der Waals surface area contributed by atoms with E-state index in [1.165, 1.54) is 0 Å². The van der Waals surface area contributed by atoms with Gasteiger partial charge in [-0.1, -0.05) is 30.3 Å². The number of likely N-dealkylation sites (N-methyl/N-ethyl adjacent to an activating group) is 1. The molecular weight excluding hydrogens is 332 g/mol. The molecule has 0 aromatic heterocycles. The quantitative estimate of drug-likeness (QED) is 0.894. The van der Waals surface area contributed by atoms with Crippen molar-refractivity contribution >= 4 is 23.2 Å². The van der Waals surface area contributed by atoms with Crippen LogP contribution in [0.15, 0.2) is 54.6 Å². The van der Waals surface area contributed by atoms with Gasteiger partial charge in [0.05, 0.1) is 26.2 Å². The molecule has 1 saturated heterocycles. The molecule has 0 spiro atoms. The standard InChI is InChI=1S/C20H22N2O4/c1-22(17-5-3-2-4-6-17)19(23)13-15-7-9-16(10-8-15)21-20(24)18-14-25-11-12-26-18/h2-10,18H,11-14H2,1H3,(H,21,24)/t18-/m0/s1. The summed E-state index contributed by atoms with van der Waals surface area (Å²) in [5.41, 5.74) is 2.40. The monoisotopic (exact) mass is 354 g/mol. The number of nitrogens with zero attached hydrogens (tertiary/aromatic N) is 1. The summed E-state index contributed by atoms with van der Waals surface area (Å²) in [6.07, 6.45) is -0.288. The molecule has 2 aromatic carbocycles. The van der Waals surface area contributed by atoms with E-state index in [2.05, 4.69) is 5.32 Å². The molecule has 2 aromatic rings. The van der Waals surface area contributed by atoms with Gasteiger partial charge in [0.2, 0.25) is 5.91 Å². The Kier molecular flexibility index (Phi) is 5.99. The van der Waals surface area contributed by atoms with Crippen molar-refractivity contribution in [1.82, 2.24) is 0 Å². The molecule has 1 aliphatic heterocycles. The minimum atomic E-state index is -0.579. The van der Waals surface area contributed by atoms with Crippen LogP contribution in [0.1, 0.15) is 5.56 Å². The minimum Gasteiger partial charge on any atom is -0.376 e. The highest BCUT2D eigenvalue weighted by molar-refractivity contribution is 5.95. The molecule has 2 amide bonds. The van der Waals surface area contributed by atoms with E-state index in [0.29, 0.717) is 25.3 Å². The van der Waals surface area contributed by atoms with Crippen LogP contribution < -0.4 is 10.2 Å². The Morgan fingerprint density at radius 1 is 1.08 bits per heavy atom. The van der Waals surface area contributed by atoms with Gasteiger partial charge in [0, 0.05) is 18.4 Å². The van der Waals surface area contributed by atoms with E-state index < -0.39 is 6.10 Å². The summed E-state index contributed by atoms with van der Waals surface area (Å²) >= 11 is 0. The van der Waals surface area contributed by atoms with E-state index in [-0.39, 0.29) is 18.4 Å². The summed E-state index contributed by atoms with van der Waals surface area (Å²) in [6, 6.07) is 16.8. The van der Waals surface area contributed by atoms with E-state index in [1.807, 2.05) is 42.5 Å². The average molecular weight is 354 g/mol. The largest absolute Gasteiger partial charge is 0.376 e. The second-order valence-electron chi connectivity index (χ2n) is 6.09. The second kappa shape index (κ2) is 8.60. The fourth-order valence-corrected chi connectivity index (χ4v) is 2.66. The highest BCUT2D eigenvalue weighted by Gasteiger charge is 2.22. The number of amides is 2. The molecule has 0 radical (unpaired) electrons. The molecule has 1 atom stereocenters. The molecular formula is C20H22N2O4. The zero-order chi connectivity index (χ0) is 18.4. The van der Waals surface area contributed by atoms with E-state index in [4.69, 9.17) is 9.47 Å². The maximum Gasteiger partial charge on any atom is 0.255 e. The Bertz CT molecular complexity index is 740. The Morgan fingerprint density at radius 2 is 1.81 bits per heavy atom. The Balaban J connectivity index is 1.55. The van der Waals surface area contributed by atoms with Gasteiger partial charge in [-0.2, -0.15) is 0 Å². The first-order valence-electron chi connectivity index (χ1n) is 8.54. The lowest BCUT2D eigenvalue weighted by Gasteiger charge is -2.22. The molecule has 0 saturated carbocycles. The summed E-state index contributed by atoms with van der Waals surface area (Å²) < 4.78 is 10.6. The number of para-hydroxylation sites is 1. The average Bonchev–Trinajstić information content (AvgIpc) is 2.70. The van der Waals surface area contributed by atoms with Crippen molar-refractivity contribution in [3.63, 3.8) is 0 Å². The lowest BCUT2D eigenvalue weighted by Crippen LogP contribution is -2.39. The van der Waals surface area contributed by atoms with Gasteiger partial charge in [0.1, 0.15) is 0 Å². The van der Waals surface area contributed by atoms with Gasteiger partial charge in [-0.3, -0.25) is 9.59 Å². The van der Waals surface area contributed by atoms with Crippen LogP contribution in [0.25, 0.3) is 0 Å². The number of ether oxygens (including phenoxy) is 2. The third-order valence-electron chi connectivity index (χ3n) is 4.20. The van der Waals surface area contributed by atoms with Crippen LogP contribution in [-0.2, 0) is 25.5 Å². The molecule has 0 bridgehead atoms. The van der Waals surface area contributed by atoms with E-state index in [0.717, 1.165) is 11.3 Å². The molecule has 136 valence electrons. The topological polar surface area (TPSA) is 67.9 Å². The number of hydrogen-bond donors (Lipinski definition) is 1. The number of hydrogen-bond acceptors (Lipinski definition) is 4. The predicted molar refractivity (Wildman–Crippen MR) is 99.2 cm³/mol. The predicted octanol–water partition coefficient (Wildman–Crippen LogP) is 2.25. The van der Waals surface area contributed by atoms with Crippen molar-refractivity contribution in [2.75, 3.05) is 37.1 Å². The molecule has 0 unspecified atom stereocenters. The van der Waals surface area contributed by atoms with Crippen molar-refractivity contribution in [3.8, 4) is 0 Å². The SMILES string of the molecule is CN(C(=O)Cc1ccc(NC(=O)[C@@H]2COCCO2)cc1)c1ccccc1. The van der Waals surface area contributed by atoms with Crippen LogP contribution in [0, 0.1) is 0 Å². The number of rotatable bonds is 5. The van der Waals surface area contributed by atoms with Gasteiger partial charge < -0.3 is 19.7 Å². The van der Waals surface area contributed by atoms with E-state index >= 15 is 0 Å². The normalized spacial score (nSPS) is 16.7. The fraction of sp³-hybridized carbons (Fsp3) is 0.300. The Hall–Kier alpha value is -2.70. The van der Waals surface area contributed by atoms with Crippen LogP contribution in [0.2, 0.25) is 0 Å². The van der Waals surface area contributed by atoms with E-state index in [1.54, 1.807) is 24.1 Å². The number of benzene rings is 2. The first-order chi connectivity index (χ1) is 12.6. The van der Waals surface area contributed by atoms with Crippen molar-refractivity contribution < 1.29 is 19.1 Å². The van der Waals surface area contributed by atoms with Crippen LogP contribution in [0.4, 0.5) is 11.4 Å². The summed E-state index contributed by atoms with van der Waals surface area (Å²) in [5, 5.41) is 2.80. The Labute approximate surface area is 152 Å². The molecule has 3 rings (SSSR count). The minimum absolute atomic E-state index is 0.000685. The summed E-state index contributed by atoms with van der Waals surface area (Å²) in [6.45, 7) is 1.21. The molecule has 1 fully saturated rings. The number of anilines is 2. The van der Waals surface area contributed by atoms with Gasteiger partial charge in [0.25, 0.3) is 5.91 Å². The highest BCUT2D eigenvalue weighted by Crippen LogP contribution is 2.15. The summed E-state index contributed by atoms with van der Waals surface area (Å²) in [4.78, 5) is 26.1. The third-order valence-corrected chi connectivity index (χ3v) is 4.20. The summed E-state index contributed by atoms with van der Waals surface area (Å²) in [5.74, 6) is -0.224. The van der Waals surface area contributed by atoms with Gasteiger partial charge in [0.15, 0.2) is 6.10 Å².